The second-order valence-electron chi connectivity index (χ2n) is 4.81. The van der Waals surface area contributed by atoms with E-state index < -0.39 is 5.60 Å². The molecule has 0 bridgehead atoms. The molecule has 0 saturated carbocycles. The van der Waals surface area contributed by atoms with Gasteiger partial charge in [0.15, 0.2) is 0 Å². The Kier molecular flexibility index (Phi) is 3.27. The van der Waals surface area contributed by atoms with Gasteiger partial charge in [-0.1, -0.05) is 0 Å². The van der Waals surface area contributed by atoms with Crippen LogP contribution in [-0.2, 0) is 4.74 Å². The Hall–Kier alpha value is -1.79. The van der Waals surface area contributed by atoms with Gasteiger partial charge in [0.25, 0.3) is 0 Å². The van der Waals surface area contributed by atoms with Crippen LogP contribution >= 0.6 is 0 Å². The molecule has 1 aliphatic rings. The number of anilines is 1. The minimum atomic E-state index is -0.720. The summed E-state index contributed by atoms with van der Waals surface area (Å²) in [6.45, 7) is 1.67. The molecule has 1 saturated heterocycles. The van der Waals surface area contributed by atoms with Gasteiger partial charge in [-0.15, -0.1) is 0 Å². The van der Waals surface area contributed by atoms with E-state index in [4.69, 9.17) is 4.74 Å². The highest BCUT2D eigenvalue weighted by Gasteiger charge is 2.29. The van der Waals surface area contributed by atoms with Crippen molar-refractivity contribution in [3.8, 4) is 0 Å². The van der Waals surface area contributed by atoms with E-state index in [0.717, 1.165) is 16.7 Å². The molecule has 0 radical (unpaired) electrons. The second-order valence-corrected chi connectivity index (χ2v) is 4.81. The third-order valence-corrected chi connectivity index (χ3v) is 3.45. The first-order valence-corrected chi connectivity index (χ1v) is 6.36. The van der Waals surface area contributed by atoms with Gasteiger partial charge in [0.1, 0.15) is 12.1 Å². The summed E-state index contributed by atoms with van der Waals surface area (Å²) in [5.41, 5.74) is 0.0710. The molecule has 3 rings (SSSR count). The predicted octanol–water partition coefficient (Wildman–Crippen LogP) is 0.978. The zero-order valence-electron chi connectivity index (χ0n) is 10.5. The standard InChI is InChI=1S/C13H16N4O2/c18-13(2-5-19-6-3-13)8-15-12-10-1-4-14-7-11(10)16-9-17-12/h1,4,7,9,18H,2-3,5-6,8H2,(H,15,16,17). The number of rotatable bonds is 3. The highest BCUT2D eigenvalue weighted by molar-refractivity contribution is 5.87. The molecule has 6 heteroatoms. The molecule has 0 amide bonds. The Balaban J connectivity index is 1.78. The number of fused-ring (bicyclic) bond motifs is 1. The van der Waals surface area contributed by atoms with Crippen LogP contribution in [0.3, 0.4) is 0 Å². The van der Waals surface area contributed by atoms with Gasteiger partial charge in [0, 0.05) is 44.2 Å². The molecule has 0 aliphatic carbocycles. The number of pyridine rings is 1. The molecule has 0 atom stereocenters. The van der Waals surface area contributed by atoms with Crippen molar-refractivity contribution in [3.05, 3.63) is 24.8 Å². The molecule has 0 unspecified atom stereocenters. The summed E-state index contributed by atoms with van der Waals surface area (Å²) < 4.78 is 5.27. The minimum absolute atomic E-state index is 0.463. The maximum atomic E-state index is 10.4. The van der Waals surface area contributed by atoms with E-state index in [2.05, 4.69) is 20.3 Å². The van der Waals surface area contributed by atoms with Crippen LogP contribution in [0.2, 0.25) is 0 Å². The number of aromatic nitrogens is 3. The molecule has 1 fully saturated rings. The number of hydrogen-bond acceptors (Lipinski definition) is 6. The van der Waals surface area contributed by atoms with Crippen LogP contribution in [0.25, 0.3) is 10.9 Å². The monoisotopic (exact) mass is 260 g/mol. The summed E-state index contributed by atoms with van der Waals surface area (Å²) in [5, 5.41) is 14.5. The van der Waals surface area contributed by atoms with Crippen molar-refractivity contribution < 1.29 is 9.84 Å². The van der Waals surface area contributed by atoms with E-state index in [-0.39, 0.29) is 0 Å². The summed E-state index contributed by atoms with van der Waals surface area (Å²) in [4.78, 5) is 12.4. The zero-order chi connectivity index (χ0) is 13.1. The molecule has 0 aromatic carbocycles. The molecule has 6 nitrogen and oxygen atoms in total. The van der Waals surface area contributed by atoms with Gasteiger partial charge in [-0.2, -0.15) is 0 Å². The maximum absolute atomic E-state index is 10.4. The molecule has 100 valence electrons. The van der Waals surface area contributed by atoms with E-state index in [9.17, 15) is 5.11 Å². The summed E-state index contributed by atoms with van der Waals surface area (Å²) in [5.74, 6) is 0.729. The fourth-order valence-corrected chi connectivity index (χ4v) is 2.22. The van der Waals surface area contributed by atoms with Crippen LogP contribution in [0.5, 0.6) is 0 Å². The first-order chi connectivity index (χ1) is 9.27. The first-order valence-electron chi connectivity index (χ1n) is 6.36. The van der Waals surface area contributed by atoms with Crippen molar-refractivity contribution in [2.45, 2.75) is 18.4 Å². The zero-order valence-corrected chi connectivity index (χ0v) is 10.5. The van der Waals surface area contributed by atoms with Crippen LogP contribution in [-0.4, -0.2) is 45.4 Å². The maximum Gasteiger partial charge on any atom is 0.137 e. The van der Waals surface area contributed by atoms with Gasteiger partial charge in [0.2, 0.25) is 0 Å². The van der Waals surface area contributed by atoms with Crippen molar-refractivity contribution in [2.24, 2.45) is 0 Å². The van der Waals surface area contributed by atoms with E-state index in [1.54, 1.807) is 12.4 Å². The minimum Gasteiger partial charge on any atom is -0.388 e. The summed E-state index contributed by atoms with van der Waals surface area (Å²) in [6.07, 6.45) is 6.20. The van der Waals surface area contributed by atoms with Crippen molar-refractivity contribution in [1.82, 2.24) is 15.0 Å². The van der Waals surface area contributed by atoms with Crippen molar-refractivity contribution in [2.75, 3.05) is 25.1 Å². The Morgan fingerprint density at radius 3 is 3.00 bits per heavy atom. The lowest BCUT2D eigenvalue weighted by molar-refractivity contribution is -0.0543. The van der Waals surface area contributed by atoms with Gasteiger partial charge < -0.3 is 15.2 Å². The highest BCUT2D eigenvalue weighted by atomic mass is 16.5. The fraction of sp³-hybridized carbons (Fsp3) is 0.462. The molecule has 2 aromatic rings. The largest absolute Gasteiger partial charge is 0.388 e. The molecular weight excluding hydrogens is 244 g/mol. The molecule has 3 heterocycles. The van der Waals surface area contributed by atoms with E-state index in [1.807, 2.05) is 6.07 Å². The number of hydrogen-bond donors (Lipinski definition) is 2. The van der Waals surface area contributed by atoms with Crippen LogP contribution in [0.4, 0.5) is 5.82 Å². The van der Waals surface area contributed by atoms with Crippen LogP contribution in [0, 0.1) is 0 Å². The van der Waals surface area contributed by atoms with Crippen LogP contribution in [0.1, 0.15) is 12.8 Å². The predicted molar refractivity (Wildman–Crippen MR) is 70.8 cm³/mol. The summed E-state index contributed by atoms with van der Waals surface area (Å²) in [7, 11) is 0. The van der Waals surface area contributed by atoms with E-state index in [0.29, 0.717) is 32.6 Å². The lowest BCUT2D eigenvalue weighted by Gasteiger charge is -2.32. The van der Waals surface area contributed by atoms with Crippen molar-refractivity contribution in [1.29, 1.82) is 0 Å². The average Bonchev–Trinajstić information content (AvgIpc) is 2.46. The van der Waals surface area contributed by atoms with Gasteiger partial charge in [0.05, 0.1) is 17.3 Å². The number of nitrogens with one attached hydrogen (secondary N) is 1. The van der Waals surface area contributed by atoms with E-state index >= 15 is 0 Å². The highest BCUT2D eigenvalue weighted by Crippen LogP contribution is 2.23. The lowest BCUT2D eigenvalue weighted by Crippen LogP contribution is -2.42. The Morgan fingerprint density at radius 2 is 2.16 bits per heavy atom. The van der Waals surface area contributed by atoms with Gasteiger partial charge in [-0.05, 0) is 6.07 Å². The molecular formula is C13H16N4O2. The molecule has 2 aromatic heterocycles. The second kappa shape index (κ2) is 5.07. The third-order valence-electron chi connectivity index (χ3n) is 3.45. The number of ether oxygens (including phenoxy) is 1. The van der Waals surface area contributed by atoms with Gasteiger partial charge in [-0.25, -0.2) is 9.97 Å². The fourth-order valence-electron chi connectivity index (χ4n) is 2.22. The van der Waals surface area contributed by atoms with Gasteiger partial charge >= 0.3 is 0 Å². The van der Waals surface area contributed by atoms with Gasteiger partial charge in [-0.3, -0.25) is 4.98 Å². The first kappa shape index (κ1) is 12.3. The summed E-state index contributed by atoms with van der Waals surface area (Å²) in [6, 6.07) is 1.87. The van der Waals surface area contributed by atoms with Crippen molar-refractivity contribution in [3.63, 3.8) is 0 Å². The Labute approximate surface area is 110 Å². The Bertz CT molecular complexity index is 564. The van der Waals surface area contributed by atoms with Crippen LogP contribution < -0.4 is 5.32 Å². The molecule has 0 spiro atoms. The number of aliphatic hydroxyl groups is 1. The van der Waals surface area contributed by atoms with Crippen molar-refractivity contribution >= 4 is 16.7 Å². The molecule has 19 heavy (non-hydrogen) atoms. The SMILES string of the molecule is OC1(CNc2ncnc3cnccc23)CCOCC1. The van der Waals surface area contributed by atoms with Crippen LogP contribution in [0.15, 0.2) is 24.8 Å². The average molecular weight is 260 g/mol. The Morgan fingerprint density at radius 1 is 1.32 bits per heavy atom. The quantitative estimate of drug-likeness (QED) is 0.856. The molecule has 2 N–H and O–H groups in total. The lowest BCUT2D eigenvalue weighted by atomic mass is 9.94. The summed E-state index contributed by atoms with van der Waals surface area (Å²) >= 11 is 0. The smallest absolute Gasteiger partial charge is 0.137 e. The topological polar surface area (TPSA) is 80.2 Å². The third kappa shape index (κ3) is 2.64. The van der Waals surface area contributed by atoms with E-state index in [1.165, 1.54) is 6.33 Å². The normalized spacial score (nSPS) is 18.4. The number of nitrogens with zero attached hydrogens (tertiary/aromatic N) is 3. The molecule has 1 aliphatic heterocycles.